The van der Waals surface area contributed by atoms with Crippen LogP contribution in [0.5, 0.6) is 0 Å². The van der Waals surface area contributed by atoms with Crippen molar-refractivity contribution in [2.75, 3.05) is 6.54 Å². The van der Waals surface area contributed by atoms with E-state index >= 15 is 0 Å². The van der Waals surface area contributed by atoms with Gasteiger partial charge in [0, 0.05) is 13.1 Å². The maximum atomic E-state index is 12.5. The molecule has 23 heavy (non-hydrogen) atoms. The molecule has 1 aromatic carbocycles. The quantitative estimate of drug-likeness (QED) is 0.925. The first-order chi connectivity index (χ1) is 10.8. The van der Waals surface area contributed by atoms with Crippen molar-refractivity contribution in [3.8, 4) is 6.07 Å². The zero-order valence-electron chi connectivity index (χ0n) is 13.6. The van der Waals surface area contributed by atoms with Crippen LogP contribution in [-0.4, -0.2) is 35.1 Å². The van der Waals surface area contributed by atoms with Crippen molar-refractivity contribution < 1.29 is 14.3 Å². The fourth-order valence-corrected chi connectivity index (χ4v) is 2.46. The van der Waals surface area contributed by atoms with Gasteiger partial charge in [-0.15, -0.1) is 0 Å². The second-order valence-corrected chi connectivity index (χ2v) is 6.56. The minimum atomic E-state index is -0.862. The summed E-state index contributed by atoms with van der Waals surface area (Å²) in [5.74, 6) is -0.843. The maximum absolute atomic E-state index is 12.5. The Kier molecular flexibility index (Phi) is 4.89. The van der Waals surface area contributed by atoms with Gasteiger partial charge in [0.1, 0.15) is 11.6 Å². The molecule has 1 N–H and O–H groups in total. The van der Waals surface area contributed by atoms with Crippen molar-refractivity contribution in [1.82, 2.24) is 10.2 Å². The molecule has 0 aromatic heterocycles. The van der Waals surface area contributed by atoms with E-state index in [1.54, 1.807) is 25.7 Å². The van der Waals surface area contributed by atoms with Crippen LogP contribution in [0.2, 0.25) is 0 Å². The SMILES string of the molecule is CC(C)(C)OC(=O)NC1C(=O)N(Cc2ccccc2)CC1C#N. The van der Waals surface area contributed by atoms with Crippen LogP contribution in [0, 0.1) is 17.2 Å². The van der Waals surface area contributed by atoms with Crippen LogP contribution in [-0.2, 0) is 16.1 Å². The van der Waals surface area contributed by atoms with Crippen LogP contribution in [0.25, 0.3) is 0 Å². The Morgan fingerprint density at radius 2 is 2.04 bits per heavy atom. The van der Waals surface area contributed by atoms with Crippen LogP contribution in [0.1, 0.15) is 26.3 Å². The number of rotatable bonds is 3. The fraction of sp³-hybridized carbons (Fsp3) is 0.471. The summed E-state index contributed by atoms with van der Waals surface area (Å²) in [6.07, 6.45) is -0.683. The molecule has 6 nitrogen and oxygen atoms in total. The van der Waals surface area contributed by atoms with Gasteiger partial charge in [-0.25, -0.2) is 4.79 Å². The zero-order chi connectivity index (χ0) is 17.0. The Balaban J connectivity index is 2.04. The predicted octanol–water partition coefficient (Wildman–Crippen LogP) is 2.06. The molecular weight excluding hydrogens is 294 g/mol. The summed E-state index contributed by atoms with van der Waals surface area (Å²) < 4.78 is 5.16. The summed E-state index contributed by atoms with van der Waals surface area (Å²) in [6, 6.07) is 10.8. The normalized spacial score (nSPS) is 21.0. The molecule has 1 aliphatic heterocycles. The Morgan fingerprint density at radius 1 is 1.39 bits per heavy atom. The Morgan fingerprint density at radius 3 is 2.61 bits per heavy atom. The summed E-state index contributed by atoms with van der Waals surface area (Å²) in [7, 11) is 0. The van der Waals surface area contributed by atoms with Gasteiger partial charge in [-0.1, -0.05) is 30.3 Å². The smallest absolute Gasteiger partial charge is 0.408 e. The van der Waals surface area contributed by atoms with Crippen molar-refractivity contribution in [3.63, 3.8) is 0 Å². The predicted molar refractivity (Wildman–Crippen MR) is 84.1 cm³/mol. The third-order valence-electron chi connectivity index (χ3n) is 3.45. The van der Waals surface area contributed by atoms with E-state index in [0.29, 0.717) is 13.1 Å². The molecule has 1 saturated heterocycles. The van der Waals surface area contributed by atoms with Crippen molar-refractivity contribution >= 4 is 12.0 Å². The Hall–Kier alpha value is -2.55. The fourth-order valence-electron chi connectivity index (χ4n) is 2.46. The van der Waals surface area contributed by atoms with Crippen LogP contribution in [0.3, 0.4) is 0 Å². The molecule has 1 aromatic rings. The highest BCUT2D eigenvalue weighted by Crippen LogP contribution is 2.21. The van der Waals surface area contributed by atoms with Crippen LogP contribution in [0.15, 0.2) is 30.3 Å². The molecule has 2 unspecified atom stereocenters. The third-order valence-corrected chi connectivity index (χ3v) is 3.45. The number of hydrogen-bond acceptors (Lipinski definition) is 4. The summed E-state index contributed by atoms with van der Waals surface area (Å²) in [5, 5.41) is 11.8. The zero-order valence-corrected chi connectivity index (χ0v) is 13.6. The molecule has 2 amide bonds. The molecule has 122 valence electrons. The average Bonchev–Trinajstić information content (AvgIpc) is 2.75. The highest BCUT2D eigenvalue weighted by atomic mass is 16.6. The van der Waals surface area contributed by atoms with E-state index in [2.05, 4.69) is 11.4 Å². The molecule has 1 heterocycles. The van der Waals surface area contributed by atoms with E-state index in [4.69, 9.17) is 4.74 Å². The lowest BCUT2D eigenvalue weighted by Gasteiger charge is -2.22. The Labute approximate surface area is 136 Å². The molecule has 1 fully saturated rings. The van der Waals surface area contributed by atoms with Crippen molar-refractivity contribution in [3.05, 3.63) is 35.9 Å². The molecule has 2 atom stereocenters. The monoisotopic (exact) mass is 315 g/mol. The molecule has 0 aliphatic carbocycles. The molecule has 0 saturated carbocycles. The van der Waals surface area contributed by atoms with Crippen molar-refractivity contribution in [2.45, 2.75) is 39.0 Å². The van der Waals surface area contributed by atoms with Gasteiger partial charge in [0.05, 0.1) is 12.0 Å². The number of likely N-dealkylation sites (tertiary alicyclic amines) is 1. The molecule has 2 rings (SSSR count). The maximum Gasteiger partial charge on any atom is 0.408 e. The lowest BCUT2D eigenvalue weighted by atomic mass is 10.1. The van der Waals surface area contributed by atoms with Gasteiger partial charge in [-0.05, 0) is 26.3 Å². The van der Waals surface area contributed by atoms with Gasteiger partial charge in [-0.2, -0.15) is 5.26 Å². The lowest BCUT2D eigenvalue weighted by molar-refractivity contribution is -0.130. The number of amides is 2. The Bertz CT molecular complexity index is 616. The number of carbonyl (C=O) groups excluding carboxylic acids is 2. The number of alkyl carbamates (subject to hydrolysis) is 1. The van der Waals surface area contributed by atoms with E-state index < -0.39 is 23.7 Å². The summed E-state index contributed by atoms with van der Waals surface area (Å²) in [5.41, 5.74) is 0.327. The van der Waals surface area contributed by atoms with Gasteiger partial charge in [0.2, 0.25) is 5.91 Å². The van der Waals surface area contributed by atoms with E-state index in [0.717, 1.165) is 5.56 Å². The first-order valence-corrected chi connectivity index (χ1v) is 7.52. The second-order valence-electron chi connectivity index (χ2n) is 6.56. The number of carbonyl (C=O) groups is 2. The van der Waals surface area contributed by atoms with Gasteiger partial charge >= 0.3 is 6.09 Å². The van der Waals surface area contributed by atoms with Crippen LogP contribution in [0.4, 0.5) is 4.79 Å². The largest absolute Gasteiger partial charge is 0.444 e. The molecule has 6 heteroatoms. The van der Waals surface area contributed by atoms with E-state index in [1.165, 1.54) is 0 Å². The lowest BCUT2D eigenvalue weighted by Crippen LogP contribution is -2.45. The number of benzene rings is 1. The van der Waals surface area contributed by atoms with Crippen LogP contribution < -0.4 is 5.32 Å². The molecule has 0 radical (unpaired) electrons. The summed E-state index contributed by atoms with van der Waals surface area (Å²) in [6.45, 7) is 5.95. The third kappa shape index (κ3) is 4.46. The number of nitrogens with one attached hydrogen (secondary N) is 1. The number of nitriles is 1. The van der Waals surface area contributed by atoms with Gasteiger partial charge in [-0.3, -0.25) is 4.79 Å². The van der Waals surface area contributed by atoms with Gasteiger partial charge in [0.15, 0.2) is 0 Å². The second kappa shape index (κ2) is 6.69. The highest BCUT2D eigenvalue weighted by molar-refractivity contribution is 5.88. The van der Waals surface area contributed by atoms with E-state index in [-0.39, 0.29) is 5.91 Å². The minimum absolute atomic E-state index is 0.258. The number of ether oxygens (including phenoxy) is 1. The van der Waals surface area contributed by atoms with Gasteiger partial charge < -0.3 is 15.0 Å². The topological polar surface area (TPSA) is 82.4 Å². The molecule has 1 aliphatic rings. The highest BCUT2D eigenvalue weighted by Gasteiger charge is 2.42. The minimum Gasteiger partial charge on any atom is -0.444 e. The molecule has 0 spiro atoms. The van der Waals surface area contributed by atoms with Crippen molar-refractivity contribution in [1.29, 1.82) is 5.26 Å². The van der Waals surface area contributed by atoms with Crippen molar-refractivity contribution in [2.24, 2.45) is 5.92 Å². The first-order valence-electron chi connectivity index (χ1n) is 7.52. The van der Waals surface area contributed by atoms with E-state index in [1.807, 2.05) is 30.3 Å². The molecule has 0 bridgehead atoms. The van der Waals surface area contributed by atoms with Gasteiger partial charge in [0.25, 0.3) is 0 Å². The number of hydrogen-bond donors (Lipinski definition) is 1. The summed E-state index contributed by atoms with van der Waals surface area (Å²) in [4.78, 5) is 25.9. The van der Waals surface area contributed by atoms with Crippen LogP contribution >= 0.6 is 0 Å². The van der Waals surface area contributed by atoms with E-state index in [9.17, 15) is 14.9 Å². The first kappa shape index (κ1) is 16.8. The average molecular weight is 315 g/mol. The standard InChI is InChI=1S/C17H21N3O3/c1-17(2,3)23-16(22)19-14-13(9-18)11-20(15(14)21)10-12-7-5-4-6-8-12/h4-8,13-14H,10-11H2,1-3H3,(H,19,22). The summed E-state index contributed by atoms with van der Waals surface area (Å²) >= 11 is 0. The number of nitrogens with zero attached hydrogens (tertiary/aromatic N) is 2. The molecular formula is C17H21N3O3.